The molecule has 0 amide bonds. The van der Waals surface area contributed by atoms with Crippen molar-refractivity contribution in [1.29, 1.82) is 0 Å². The average Bonchev–Trinajstić information content (AvgIpc) is 2.86. The third kappa shape index (κ3) is 3.09. The molecule has 0 radical (unpaired) electrons. The Kier molecular flexibility index (Phi) is 4.48. The Balaban J connectivity index is 2.23. The van der Waals surface area contributed by atoms with Gasteiger partial charge in [0.05, 0.1) is 5.52 Å². The van der Waals surface area contributed by atoms with Crippen LogP contribution in [0.4, 0.5) is 0 Å². The van der Waals surface area contributed by atoms with Gasteiger partial charge in [0.25, 0.3) is 5.91 Å². The van der Waals surface area contributed by atoms with Gasteiger partial charge in [-0.15, -0.1) is 6.42 Å². The Morgan fingerprint density at radius 1 is 1.12 bits per heavy atom. The van der Waals surface area contributed by atoms with E-state index < -0.39 is 0 Å². The van der Waals surface area contributed by atoms with Gasteiger partial charge in [0.15, 0.2) is 0 Å². The number of ketones is 1. The monoisotopic (exact) mass is 349 g/mol. The summed E-state index contributed by atoms with van der Waals surface area (Å²) in [6.45, 7) is 3.81. The fourth-order valence-corrected chi connectivity index (χ4v) is 3.14. The van der Waals surface area contributed by atoms with Gasteiger partial charge in [-0.1, -0.05) is 23.2 Å². The Hall–Kier alpha value is -2.83. The maximum absolute atomic E-state index is 13.0. The van der Waals surface area contributed by atoms with E-state index in [1.165, 1.54) is 0 Å². The topological polar surface area (TPSA) is 39.1 Å². The molecule has 1 heterocycles. The second-order valence-electron chi connectivity index (χ2n) is 5.98. The first-order chi connectivity index (χ1) is 11.9. The van der Waals surface area contributed by atoms with Gasteiger partial charge in [0.1, 0.15) is 0 Å². The summed E-state index contributed by atoms with van der Waals surface area (Å²) in [5, 5.41) is 1.45. The molecule has 3 nitrogen and oxygen atoms in total. The lowest BCUT2D eigenvalue weighted by Crippen LogP contribution is -2.14. The first kappa shape index (κ1) is 17.0. The van der Waals surface area contributed by atoms with Crippen molar-refractivity contribution in [2.45, 2.75) is 20.3 Å². The molecule has 25 heavy (non-hydrogen) atoms. The van der Waals surface area contributed by atoms with Crippen LogP contribution >= 0.6 is 11.6 Å². The molecule has 0 saturated carbocycles. The molecular formula is C21H16ClNO2. The predicted octanol–water partition coefficient (Wildman–Crippen LogP) is 4.34. The van der Waals surface area contributed by atoms with Crippen LogP contribution in [-0.4, -0.2) is 16.3 Å². The molecule has 0 N–H and O–H groups in total. The van der Waals surface area contributed by atoms with E-state index in [9.17, 15) is 9.59 Å². The molecule has 3 rings (SSSR count). The molecule has 0 atom stereocenters. The molecule has 0 fully saturated rings. The number of halogens is 1. The van der Waals surface area contributed by atoms with E-state index in [0.717, 1.165) is 27.7 Å². The van der Waals surface area contributed by atoms with Crippen LogP contribution in [0.5, 0.6) is 0 Å². The Labute approximate surface area is 151 Å². The number of Topliss-reactive ketones (excluding diaryl/α,β-unsaturated/α-hetero) is 1. The van der Waals surface area contributed by atoms with Crippen LogP contribution in [0.25, 0.3) is 10.9 Å². The van der Waals surface area contributed by atoms with Crippen molar-refractivity contribution in [3.05, 3.63) is 69.9 Å². The Morgan fingerprint density at radius 3 is 2.44 bits per heavy atom. The molecule has 2 aromatic carbocycles. The van der Waals surface area contributed by atoms with Gasteiger partial charge >= 0.3 is 0 Å². The number of fused-ring (bicyclic) bond motifs is 1. The zero-order valence-electron chi connectivity index (χ0n) is 14.0. The molecule has 0 aliphatic carbocycles. The predicted molar refractivity (Wildman–Crippen MR) is 100 cm³/mol. The fraction of sp³-hybridized carbons (Fsp3) is 0.143. The third-order valence-electron chi connectivity index (χ3n) is 4.28. The van der Waals surface area contributed by atoms with E-state index >= 15 is 0 Å². The minimum atomic E-state index is -0.303. The first-order valence-corrected chi connectivity index (χ1v) is 8.20. The zero-order valence-corrected chi connectivity index (χ0v) is 14.7. The van der Waals surface area contributed by atoms with Crippen LogP contribution in [0.15, 0.2) is 42.5 Å². The molecule has 0 saturated heterocycles. The summed E-state index contributed by atoms with van der Waals surface area (Å²) < 4.78 is 1.64. The molecule has 1 aromatic heterocycles. The summed E-state index contributed by atoms with van der Waals surface area (Å²) >= 11 is 5.91. The molecule has 0 unspecified atom stereocenters. The van der Waals surface area contributed by atoms with Gasteiger partial charge in [-0.3, -0.25) is 14.2 Å². The standard InChI is InChI=1S/C21H16ClNO2/c1-4-17(24)12-18-14(3)23(20-10-5-13(2)11-19(18)20)21(25)15-6-8-16(22)9-7-15/h1,5-11H,12H2,2-3H3. The molecular weight excluding hydrogens is 334 g/mol. The number of hydrogen-bond donors (Lipinski definition) is 0. The Bertz CT molecular complexity index is 1040. The number of nitrogens with zero attached hydrogens (tertiary/aromatic N) is 1. The molecule has 0 bridgehead atoms. The van der Waals surface area contributed by atoms with E-state index in [2.05, 4.69) is 5.92 Å². The highest BCUT2D eigenvalue weighted by atomic mass is 35.5. The van der Waals surface area contributed by atoms with E-state index in [0.29, 0.717) is 10.6 Å². The molecule has 0 spiro atoms. The minimum absolute atomic E-state index is 0.114. The molecule has 124 valence electrons. The number of benzene rings is 2. The first-order valence-electron chi connectivity index (χ1n) is 7.82. The van der Waals surface area contributed by atoms with Crippen LogP contribution in [0, 0.1) is 26.2 Å². The Morgan fingerprint density at radius 2 is 1.80 bits per heavy atom. The highest BCUT2D eigenvalue weighted by molar-refractivity contribution is 6.30. The number of carbonyl (C=O) groups is 2. The number of rotatable bonds is 3. The summed E-state index contributed by atoms with van der Waals surface area (Å²) in [4.78, 5) is 24.8. The van der Waals surface area contributed by atoms with Gasteiger partial charge in [-0.05, 0) is 61.7 Å². The van der Waals surface area contributed by atoms with Gasteiger partial charge in [-0.2, -0.15) is 0 Å². The summed E-state index contributed by atoms with van der Waals surface area (Å²) in [5.74, 6) is 1.68. The number of hydrogen-bond acceptors (Lipinski definition) is 2. The fourth-order valence-electron chi connectivity index (χ4n) is 3.02. The molecule has 3 aromatic rings. The zero-order chi connectivity index (χ0) is 18.1. The number of terminal acetylenes is 1. The van der Waals surface area contributed by atoms with E-state index in [1.54, 1.807) is 28.8 Å². The van der Waals surface area contributed by atoms with Crippen molar-refractivity contribution < 1.29 is 9.59 Å². The second kappa shape index (κ2) is 6.58. The van der Waals surface area contributed by atoms with Crippen LogP contribution < -0.4 is 0 Å². The van der Waals surface area contributed by atoms with Crippen molar-refractivity contribution in [3.8, 4) is 12.3 Å². The second-order valence-corrected chi connectivity index (χ2v) is 6.41. The van der Waals surface area contributed by atoms with Gasteiger partial charge in [-0.25, -0.2) is 0 Å². The maximum Gasteiger partial charge on any atom is 0.262 e. The summed E-state index contributed by atoms with van der Waals surface area (Å²) in [6, 6.07) is 12.6. The van der Waals surface area contributed by atoms with Crippen LogP contribution in [0.1, 0.15) is 27.2 Å². The van der Waals surface area contributed by atoms with Gasteiger partial charge in [0, 0.05) is 28.1 Å². The lowest BCUT2D eigenvalue weighted by Gasteiger charge is -2.08. The van der Waals surface area contributed by atoms with Crippen molar-refractivity contribution in [2.24, 2.45) is 0 Å². The third-order valence-corrected chi connectivity index (χ3v) is 4.53. The van der Waals surface area contributed by atoms with Crippen molar-refractivity contribution >= 4 is 34.2 Å². The lowest BCUT2D eigenvalue weighted by molar-refractivity contribution is -0.113. The average molecular weight is 350 g/mol. The SMILES string of the molecule is C#CC(=O)Cc1c(C)n(C(=O)c2ccc(Cl)cc2)c2ccc(C)cc12. The summed E-state index contributed by atoms with van der Waals surface area (Å²) in [6.07, 6.45) is 5.34. The number of aromatic nitrogens is 1. The van der Waals surface area contributed by atoms with Crippen molar-refractivity contribution in [1.82, 2.24) is 4.57 Å². The smallest absolute Gasteiger partial charge is 0.262 e. The molecule has 0 aliphatic rings. The summed E-state index contributed by atoms with van der Waals surface area (Å²) in [5.41, 5.74) is 3.87. The van der Waals surface area contributed by atoms with Crippen LogP contribution in [0.3, 0.4) is 0 Å². The number of aryl methyl sites for hydroxylation is 1. The maximum atomic E-state index is 13.0. The van der Waals surface area contributed by atoms with E-state index in [4.69, 9.17) is 18.0 Å². The van der Waals surface area contributed by atoms with Crippen LogP contribution in [-0.2, 0) is 11.2 Å². The minimum Gasteiger partial charge on any atom is -0.285 e. The van der Waals surface area contributed by atoms with Gasteiger partial charge < -0.3 is 0 Å². The largest absolute Gasteiger partial charge is 0.285 e. The highest BCUT2D eigenvalue weighted by Crippen LogP contribution is 2.28. The molecule has 4 heteroatoms. The van der Waals surface area contributed by atoms with Crippen LogP contribution in [0.2, 0.25) is 5.02 Å². The summed E-state index contributed by atoms with van der Waals surface area (Å²) in [7, 11) is 0. The quantitative estimate of drug-likeness (QED) is 0.521. The number of carbonyl (C=O) groups excluding carboxylic acids is 2. The van der Waals surface area contributed by atoms with E-state index in [1.807, 2.05) is 32.0 Å². The van der Waals surface area contributed by atoms with Crippen molar-refractivity contribution in [2.75, 3.05) is 0 Å². The van der Waals surface area contributed by atoms with E-state index in [-0.39, 0.29) is 18.1 Å². The lowest BCUT2D eigenvalue weighted by atomic mass is 10.0. The molecule has 0 aliphatic heterocycles. The normalized spacial score (nSPS) is 10.6. The highest BCUT2D eigenvalue weighted by Gasteiger charge is 2.21. The van der Waals surface area contributed by atoms with Crippen molar-refractivity contribution in [3.63, 3.8) is 0 Å². The van der Waals surface area contributed by atoms with Gasteiger partial charge in [0.2, 0.25) is 5.78 Å².